The number of alkyl halides is 3. The van der Waals surface area contributed by atoms with Crippen LogP contribution in [0.15, 0.2) is 77.7 Å². The number of carbonyl (C=O) groups is 1. The molecule has 168 valence electrons. The highest BCUT2D eigenvalue weighted by atomic mass is 32.2. The third-order valence-corrected chi connectivity index (χ3v) is 6.40. The van der Waals surface area contributed by atoms with Crippen LogP contribution in [0.3, 0.4) is 0 Å². The van der Waals surface area contributed by atoms with Crippen LogP contribution in [-0.2, 0) is 21.0 Å². The molecule has 3 aromatic carbocycles. The molecule has 32 heavy (non-hydrogen) atoms. The Balaban J connectivity index is 1.91. The van der Waals surface area contributed by atoms with E-state index in [1.165, 1.54) is 12.1 Å². The lowest BCUT2D eigenvalue weighted by Gasteiger charge is -2.25. The van der Waals surface area contributed by atoms with Gasteiger partial charge in [-0.3, -0.25) is 9.10 Å². The summed E-state index contributed by atoms with van der Waals surface area (Å²) < 4.78 is 65.8. The van der Waals surface area contributed by atoms with Crippen LogP contribution in [0.4, 0.5) is 24.5 Å². The molecule has 0 atom stereocenters. The first kappa shape index (κ1) is 23.3. The molecule has 0 saturated heterocycles. The number of sulfonamides is 1. The highest BCUT2D eigenvalue weighted by Gasteiger charge is 2.30. The molecule has 0 radical (unpaired) electrons. The molecule has 0 aliphatic rings. The van der Waals surface area contributed by atoms with E-state index in [2.05, 4.69) is 5.32 Å². The molecule has 0 bridgehead atoms. The Morgan fingerprint density at radius 1 is 0.906 bits per heavy atom. The minimum atomic E-state index is -4.49. The molecule has 3 rings (SSSR count). The molecule has 0 aromatic heterocycles. The average Bonchev–Trinajstić information content (AvgIpc) is 2.71. The van der Waals surface area contributed by atoms with Crippen LogP contribution < -0.4 is 9.62 Å². The third kappa shape index (κ3) is 5.47. The fraction of sp³-hybridized carbons (Fsp3) is 0.174. The number of rotatable bonds is 6. The van der Waals surface area contributed by atoms with Crippen LogP contribution in [0, 0.1) is 13.8 Å². The molecule has 0 spiro atoms. The Labute approximate surface area is 184 Å². The summed E-state index contributed by atoms with van der Waals surface area (Å²) >= 11 is 0. The predicted octanol–water partition coefficient (Wildman–Crippen LogP) is 5.16. The van der Waals surface area contributed by atoms with Crippen molar-refractivity contribution in [2.75, 3.05) is 16.2 Å². The zero-order valence-corrected chi connectivity index (χ0v) is 18.2. The van der Waals surface area contributed by atoms with E-state index < -0.39 is 34.2 Å². The summed E-state index contributed by atoms with van der Waals surface area (Å²) in [5, 5.41) is 2.46. The first-order chi connectivity index (χ1) is 15.0. The van der Waals surface area contributed by atoms with Gasteiger partial charge in [-0.2, -0.15) is 13.2 Å². The number of halogens is 3. The van der Waals surface area contributed by atoms with Gasteiger partial charge in [-0.05, 0) is 73.5 Å². The van der Waals surface area contributed by atoms with Crippen molar-refractivity contribution in [1.82, 2.24) is 0 Å². The number of benzene rings is 3. The van der Waals surface area contributed by atoms with Crippen molar-refractivity contribution in [2.24, 2.45) is 0 Å². The molecule has 5 nitrogen and oxygen atoms in total. The van der Waals surface area contributed by atoms with Gasteiger partial charge < -0.3 is 5.32 Å². The highest BCUT2D eigenvalue weighted by Crippen LogP contribution is 2.30. The fourth-order valence-electron chi connectivity index (χ4n) is 3.20. The Hall–Kier alpha value is -3.33. The number of aryl methyl sites for hydroxylation is 2. The first-order valence-electron chi connectivity index (χ1n) is 9.60. The van der Waals surface area contributed by atoms with E-state index in [1.54, 1.807) is 30.3 Å². The Kier molecular flexibility index (Phi) is 6.59. The number of nitrogens with zero attached hydrogens (tertiary/aromatic N) is 1. The molecular weight excluding hydrogens is 441 g/mol. The maximum absolute atomic E-state index is 13.3. The lowest BCUT2D eigenvalue weighted by atomic mass is 10.1. The van der Waals surface area contributed by atoms with Crippen LogP contribution in [0.5, 0.6) is 0 Å². The van der Waals surface area contributed by atoms with E-state index in [0.717, 1.165) is 39.7 Å². The second-order valence-corrected chi connectivity index (χ2v) is 9.16. The number of carbonyl (C=O) groups excluding carboxylic acids is 1. The lowest BCUT2D eigenvalue weighted by molar-refractivity contribution is -0.137. The molecule has 0 saturated carbocycles. The van der Waals surface area contributed by atoms with E-state index in [4.69, 9.17) is 0 Å². The maximum Gasteiger partial charge on any atom is 0.416 e. The molecule has 0 aliphatic heterocycles. The molecular formula is C23H21F3N2O3S. The van der Waals surface area contributed by atoms with Gasteiger partial charge in [0.2, 0.25) is 5.91 Å². The van der Waals surface area contributed by atoms with Gasteiger partial charge in [0.25, 0.3) is 10.0 Å². The van der Waals surface area contributed by atoms with Crippen molar-refractivity contribution < 1.29 is 26.4 Å². The maximum atomic E-state index is 13.3. The molecule has 3 aromatic rings. The van der Waals surface area contributed by atoms with Gasteiger partial charge in [0.1, 0.15) is 6.54 Å². The van der Waals surface area contributed by atoms with Crippen LogP contribution in [-0.4, -0.2) is 20.9 Å². The van der Waals surface area contributed by atoms with E-state index in [9.17, 15) is 26.4 Å². The Morgan fingerprint density at radius 3 is 2.00 bits per heavy atom. The van der Waals surface area contributed by atoms with Gasteiger partial charge >= 0.3 is 6.18 Å². The zero-order valence-electron chi connectivity index (χ0n) is 17.3. The molecule has 0 unspecified atom stereocenters. The van der Waals surface area contributed by atoms with Gasteiger partial charge in [0.05, 0.1) is 16.1 Å². The third-order valence-electron chi connectivity index (χ3n) is 4.61. The molecule has 1 N–H and O–H groups in total. The number of hydrogen-bond acceptors (Lipinski definition) is 3. The zero-order chi connectivity index (χ0) is 23.5. The second kappa shape index (κ2) is 9.04. The Morgan fingerprint density at radius 2 is 1.47 bits per heavy atom. The minimum Gasteiger partial charge on any atom is -0.325 e. The summed E-state index contributed by atoms with van der Waals surface area (Å²) in [6.45, 7) is 3.07. The van der Waals surface area contributed by atoms with Gasteiger partial charge in [0, 0.05) is 5.69 Å². The quantitative estimate of drug-likeness (QED) is 0.551. The topological polar surface area (TPSA) is 66.5 Å². The number of anilines is 2. The average molecular weight is 462 g/mol. The molecule has 1 amide bonds. The van der Waals surface area contributed by atoms with E-state index in [0.29, 0.717) is 5.69 Å². The molecule has 0 aliphatic carbocycles. The van der Waals surface area contributed by atoms with Gasteiger partial charge in [0.15, 0.2) is 0 Å². The predicted molar refractivity (Wildman–Crippen MR) is 117 cm³/mol. The minimum absolute atomic E-state index is 0.0153. The summed E-state index contributed by atoms with van der Waals surface area (Å²) in [6.07, 6.45) is -4.49. The fourth-order valence-corrected chi connectivity index (χ4v) is 4.63. The SMILES string of the molecule is Cc1cc(C)cc(N(CC(=O)Nc2ccc(C(F)(F)F)cc2)S(=O)(=O)c2ccccc2)c1. The Bertz CT molecular complexity index is 1190. The molecule has 0 heterocycles. The van der Waals surface area contributed by atoms with Gasteiger partial charge in [-0.15, -0.1) is 0 Å². The van der Waals surface area contributed by atoms with Crippen molar-refractivity contribution in [3.05, 3.63) is 89.5 Å². The first-order valence-corrected chi connectivity index (χ1v) is 11.0. The van der Waals surface area contributed by atoms with E-state index >= 15 is 0 Å². The monoisotopic (exact) mass is 462 g/mol. The standard InChI is InChI=1S/C23H21F3N2O3S/c1-16-12-17(2)14-20(13-16)28(32(30,31)21-6-4-3-5-7-21)15-22(29)27-19-10-8-18(9-11-19)23(24,25)26/h3-14H,15H2,1-2H3,(H,27,29). The summed E-state index contributed by atoms with van der Waals surface area (Å²) in [5.74, 6) is -0.691. The largest absolute Gasteiger partial charge is 0.416 e. The van der Waals surface area contributed by atoms with Crippen molar-refractivity contribution in [3.8, 4) is 0 Å². The van der Waals surface area contributed by atoms with Crippen LogP contribution in [0.2, 0.25) is 0 Å². The van der Waals surface area contributed by atoms with Crippen molar-refractivity contribution in [2.45, 2.75) is 24.9 Å². The highest BCUT2D eigenvalue weighted by molar-refractivity contribution is 7.92. The summed E-state index contributed by atoms with van der Waals surface area (Å²) in [7, 11) is -4.08. The summed E-state index contributed by atoms with van der Waals surface area (Å²) in [6, 6.07) is 16.8. The smallest absolute Gasteiger partial charge is 0.325 e. The van der Waals surface area contributed by atoms with E-state index in [-0.39, 0.29) is 10.6 Å². The van der Waals surface area contributed by atoms with E-state index in [1.807, 2.05) is 19.9 Å². The van der Waals surface area contributed by atoms with Gasteiger partial charge in [-0.25, -0.2) is 8.42 Å². The number of nitrogens with one attached hydrogen (secondary N) is 1. The normalized spacial score (nSPS) is 11.8. The summed E-state index contributed by atoms with van der Waals surface area (Å²) in [5.41, 5.74) is 1.22. The second-order valence-electron chi connectivity index (χ2n) is 7.29. The van der Waals surface area contributed by atoms with Crippen molar-refractivity contribution >= 4 is 27.3 Å². The van der Waals surface area contributed by atoms with Crippen LogP contribution >= 0.6 is 0 Å². The number of amides is 1. The van der Waals surface area contributed by atoms with Crippen LogP contribution in [0.1, 0.15) is 16.7 Å². The van der Waals surface area contributed by atoms with Crippen molar-refractivity contribution in [1.29, 1.82) is 0 Å². The molecule has 0 fully saturated rings. The van der Waals surface area contributed by atoms with Crippen molar-refractivity contribution in [3.63, 3.8) is 0 Å². The van der Waals surface area contributed by atoms with Gasteiger partial charge in [-0.1, -0.05) is 24.3 Å². The lowest BCUT2D eigenvalue weighted by Crippen LogP contribution is -2.38. The summed E-state index contributed by atoms with van der Waals surface area (Å²) in [4.78, 5) is 12.7. The van der Waals surface area contributed by atoms with Crippen LogP contribution in [0.25, 0.3) is 0 Å². The molecule has 9 heteroatoms. The number of hydrogen-bond donors (Lipinski definition) is 1.